The lowest BCUT2D eigenvalue weighted by molar-refractivity contribution is -0.384. The molecule has 0 saturated carbocycles. The molecule has 1 N–H and O–H groups in total. The molecule has 0 fully saturated rings. The highest BCUT2D eigenvalue weighted by Crippen LogP contribution is 2.36. The average molecular weight is 313 g/mol. The van der Waals surface area contributed by atoms with Gasteiger partial charge >= 0.3 is 0 Å². The SMILES string of the molecule is CCC(C)CNS(=O)(=O)c1cc([N+](=O)[O-])c(Cl)s1. The number of rotatable bonds is 6. The molecule has 0 aliphatic heterocycles. The van der Waals surface area contributed by atoms with Crippen LogP contribution in [0.25, 0.3) is 0 Å². The molecule has 0 spiro atoms. The molecule has 1 unspecified atom stereocenters. The summed E-state index contributed by atoms with van der Waals surface area (Å²) in [6.45, 7) is 4.15. The highest BCUT2D eigenvalue weighted by atomic mass is 35.5. The minimum absolute atomic E-state index is 0.135. The Morgan fingerprint density at radius 2 is 2.22 bits per heavy atom. The second kappa shape index (κ2) is 5.96. The van der Waals surface area contributed by atoms with Crippen molar-refractivity contribution in [3.63, 3.8) is 0 Å². The van der Waals surface area contributed by atoms with E-state index in [9.17, 15) is 18.5 Å². The Labute approximate surface area is 114 Å². The van der Waals surface area contributed by atoms with Crippen LogP contribution in [-0.4, -0.2) is 19.9 Å². The van der Waals surface area contributed by atoms with Gasteiger partial charge in [-0.2, -0.15) is 0 Å². The zero-order valence-electron chi connectivity index (χ0n) is 9.84. The topological polar surface area (TPSA) is 89.3 Å². The summed E-state index contributed by atoms with van der Waals surface area (Å²) in [6, 6.07) is 0.978. The first-order chi connectivity index (χ1) is 8.27. The molecule has 1 aromatic rings. The predicted octanol–water partition coefficient (Wildman–Crippen LogP) is 2.63. The molecular weight excluding hydrogens is 300 g/mol. The van der Waals surface area contributed by atoms with Crippen LogP contribution in [0.1, 0.15) is 20.3 Å². The van der Waals surface area contributed by atoms with Gasteiger partial charge in [0.25, 0.3) is 5.69 Å². The molecule has 1 rings (SSSR count). The van der Waals surface area contributed by atoms with Crippen molar-refractivity contribution in [2.75, 3.05) is 6.54 Å². The summed E-state index contributed by atoms with van der Waals surface area (Å²) in [5, 5.41) is 10.6. The van der Waals surface area contributed by atoms with Gasteiger partial charge in [-0.1, -0.05) is 31.9 Å². The summed E-state index contributed by atoms with van der Waals surface area (Å²) in [5.74, 6) is 0.199. The summed E-state index contributed by atoms with van der Waals surface area (Å²) in [7, 11) is -3.72. The van der Waals surface area contributed by atoms with Crippen molar-refractivity contribution in [3.8, 4) is 0 Å². The predicted molar refractivity (Wildman–Crippen MR) is 70.6 cm³/mol. The molecule has 0 amide bonds. The van der Waals surface area contributed by atoms with Gasteiger partial charge in [-0.3, -0.25) is 10.1 Å². The normalized spacial score (nSPS) is 13.5. The third-order valence-corrected chi connectivity index (χ3v) is 5.66. The average Bonchev–Trinajstić information content (AvgIpc) is 2.69. The highest BCUT2D eigenvalue weighted by molar-refractivity contribution is 7.91. The molecule has 1 heterocycles. The van der Waals surface area contributed by atoms with Crippen molar-refractivity contribution < 1.29 is 13.3 Å². The maximum absolute atomic E-state index is 11.9. The monoisotopic (exact) mass is 312 g/mol. The molecule has 0 radical (unpaired) electrons. The lowest BCUT2D eigenvalue weighted by atomic mass is 10.1. The van der Waals surface area contributed by atoms with Crippen LogP contribution in [0.4, 0.5) is 5.69 Å². The molecule has 0 bridgehead atoms. The molecule has 6 nitrogen and oxygen atoms in total. The van der Waals surface area contributed by atoms with Crippen LogP contribution < -0.4 is 4.72 Å². The van der Waals surface area contributed by atoms with E-state index < -0.39 is 14.9 Å². The second-order valence-corrected chi connectivity index (χ2v) is 7.49. The van der Waals surface area contributed by atoms with E-state index >= 15 is 0 Å². The molecule has 0 aromatic carbocycles. The largest absolute Gasteiger partial charge is 0.300 e. The highest BCUT2D eigenvalue weighted by Gasteiger charge is 2.25. The van der Waals surface area contributed by atoms with E-state index in [2.05, 4.69) is 4.72 Å². The Morgan fingerprint density at radius 1 is 1.61 bits per heavy atom. The van der Waals surface area contributed by atoms with Gasteiger partial charge in [0.15, 0.2) is 4.34 Å². The maximum atomic E-state index is 11.9. The number of nitro groups is 1. The number of hydrogen-bond acceptors (Lipinski definition) is 5. The fourth-order valence-electron chi connectivity index (χ4n) is 1.06. The molecule has 102 valence electrons. The summed E-state index contributed by atoms with van der Waals surface area (Å²) in [4.78, 5) is 9.89. The second-order valence-electron chi connectivity index (χ2n) is 3.85. The van der Waals surface area contributed by atoms with Crippen molar-refractivity contribution in [1.29, 1.82) is 0 Å². The number of hydrogen-bond donors (Lipinski definition) is 1. The van der Waals surface area contributed by atoms with Gasteiger partial charge in [-0.05, 0) is 5.92 Å². The third-order valence-electron chi connectivity index (χ3n) is 2.43. The summed E-state index contributed by atoms with van der Waals surface area (Å²) >= 11 is 6.30. The molecule has 9 heteroatoms. The first kappa shape index (κ1) is 15.4. The molecule has 0 aliphatic carbocycles. The molecule has 1 aromatic heterocycles. The van der Waals surface area contributed by atoms with Crippen LogP contribution in [0.5, 0.6) is 0 Å². The molecule has 0 saturated heterocycles. The Morgan fingerprint density at radius 3 is 2.67 bits per heavy atom. The van der Waals surface area contributed by atoms with E-state index in [4.69, 9.17) is 11.6 Å². The van der Waals surface area contributed by atoms with Gasteiger partial charge in [0, 0.05) is 12.6 Å². The maximum Gasteiger partial charge on any atom is 0.300 e. The van der Waals surface area contributed by atoms with E-state index in [0.29, 0.717) is 17.9 Å². The van der Waals surface area contributed by atoms with Crippen molar-refractivity contribution >= 4 is 38.6 Å². The van der Waals surface area contributed by atoms with Crippen LogP contribution in [0.2, 0.25) is 4.34 Å². The smallest absolute Gasteiger partial charge is 0.258 e. The van der Waals surface area contributed by atoms with Crippen LogP contribution >= 0.6 is 22.9 Å². The summed E-state index contributed by atoms with van der Waals surface area (Å²) in [6.07, 6.45) is 0.841. The fourth-order valence-corrected chi connectivity index (χ4v) is 3.94. The Balaban J connectivity index is 2.92. The van der Waals surface area contributed by atoms with E-state index in [1.165, 1.54) is 0 Å². The minimum atomic E-state index is -3.72. The van der Waals surface area contributed by atoms with Crippen molar-refractivity contribution in [2.45, 2.75) is 24.5 Å². The molecule has 1 atom stereocenters. The Bertz CT molecular complexity index is 541. The number of nitrogens with one attached hydrogen (secondary N) is 1. The summed E-state index contributed by atoms with van der Waals surface area (Å²) < 4.78 is 25.9. The molecule has 18 heavy (non-hydrogen) atoms. The van der Waals surface area contributed by atoms with Gasteiger partial charge in [0.2, 0.25) is 10.0 Å². The van der Waals surface area contributed by atoms with Crippen molar-refractivity contribution in [3.05, 3.63) is 20.5 Å². The standard InChI is InChI=1S/C9H13ClN2O4S2/c1-3-6(2)5-11-18(15,16)8-4-7(12(13)14)9(10)17-8/h4,6,11H,3,5H2,1-2H3. The van der Waals surface area contributed by atoms with Crippen molar-refractivity contribution in [2.24, 2.45) is 5.92 Å². The van der Waals surface area contributed by atoms with Crippen LogP contribution in [0, 0.1) is 16.0 Å². The third kappa shape index (κ3) is 3.64. The number of sulfonamides is 1. The van der Waals surface area contributed by atoms with Gasteiger partial charge in [-0.25, -0.2) is 13.1 Å². The minimum Gasteiger partial charge on any atom is -0.258 e. The lowest BCUT2D eigenvalue weighted by Gasteiger charge is -2.09. The zero-order chi connectivity index (χ0) is 13.9. The van der Waals surface area contributed by atoms with E-state index in [1.54, 1.807) is 0 Å². The van der Waals surface area contributed by atoms with Gasteiger partial charge in [-0.15, -0.1) is 11.3 Å². The molecular formula is C9H13ClN2O4S2. The van der Waals surface area contributed by atoms with E-state index in [1.807, 2.05) is 13.8 Å². The van der Waals surface area contributed by atoms with Gasteiger partial charge in [0.1, 0.15) is 4.21 Å². The molecule has 0 aliphatic rings. The van der Waals surface area contributed by atoms with Gasteiger partial charge in [0.05, 0.1) is 4.92 Å². The summed E-state index contributed by atoms with van der Waals surface area (Å²) in [5.41, 5.74) is -0.384. The van der Waals surface area contributed by atoms with E-state index in [-0.39, 0.29) is 20.2 Å². The number of nitrogens with zero attached hydrogens (tertiary/aromatic N) is 1. The first-order valence-corrected chi connectivity index (χ1v) is 7.89. The number of thiophene rings is 1. The van der Waals surface area contributed by atoms with Gasteiger partial charge < -0.3 is 0 Å². The van der Waals surface area contributed by atoms with Crippen LogP contribution in [0.3, 0.4) is 0 Å². The van der Waals surface area contributed by atoms with E-state index in [0.717, 1.165) is 12.5 Å². The zero-order valence-corrected chi connectivity index (χ0v) is 12.2. The van der Waals surface area contributed by atoms with Crippen LogP contribution in [0.15, 0.2) is 10.3 Å². The van der Waals surface area contributed by atoms with Crippen LogP contribution in [-0.2, 0) is 10.0 Å². The first-order valence-electron chi connectivity index (χ1n) is 5.21. The quantitative estimate of drug-likeness (QED) is 0.646. The van der Waals surface area contributed by atoms with Crippen molar-refractivity contribution in [1.82, 2.24) is 4.72 Å². The number of halogens is 1. The fraction of sp³-hybridized carbons (Fsp3) is 0.556. The Hall–Kier alpha value is -0.700. The Kier molecular flexibility index (Phi) is 5.09. The lowest BCUT2D eigenvalue weighted by Crippen LogP contribution is -2.27.